The molecule has 0 saturated heterocycles. The Kier molecular flexibility index (Phi) is 7.02. The number of hydrogen-bond donors (Lipinski definition) is 1. The van der Waals surface area contributed by atoms with Gasteiger partial charge in [0, 0.05) is 18.1 Å². The minimum absolute atomic E-state index is 0.0966. The number of likely N-dealkylation sites (N-methyl/N-ethyl adjacent to an activating group) is 1. The van der Waals surface area contributed by atoms with Crippen molar-refractivity contribution in [1.29, 1.82) is 0 Å². The van der Waals surface area contributed by atoms with Gasteiger partial charge in [0.2, 0.25) is 11.8 Å². The fraction of sp³-hybridized carbons (Fsp3) is 0.300. The molecule has 0 radical (unpaired) electrons. The first-order valence-electron chi connectivity index (χ1n) is 8.42. The summed E-state index contributed by atoms with van der Waals surface area (Å²) in [5.41, 5.74) is 1.63. The molecule has 132 valence electrons. The monoisotopic (exact) mass is 358 g/mol. The summed E-state index contributed by atoms with van der Waals surface area (Å²) >= 11 is 5.87. The lowest BCUT2D eigenvalue weighted by atomic mass is 10.0. The summed E-state index contributed by atoms with van der Waals surface area (Å²) < 4.78 is 0. The lowest BCUT2D eigenvalue weighted by Crippen LogP contribution is -2.43. The average Bonchev–Trinajstić information content (AvgIpc) is 2.63. The number of amides is 2. The highest BCUT2D eigenvalue weighted by molar-refractivity contribution is 6.30. The lowest BCUT2D eigenvalue weighted by Gasteiger charge is -2.26. The smallest absolute Gasteiger partial charge is 0.249 e. The van der Waals surface area contributed by atoms with Gasteiger partial charge in [0.15, 0.2) is 0 Å². The van der Waals surface area contributed by atoms with Gasteiger partial charge >= 0.3 is 0 Å². The lowest BCUT2D eigenvalue weighted by molar-refractivity contribution is -0.136. The minimum atomic E-state index is -0.680. The van der Waals surface area contributed by atoms with Gasteiger partial charge in [0.1, 0.15) is 6.04 Å². The van der Waals surface area contributed by atoms with E-state index in [2.05, 4.69) is 5.32 Å². The van der Waals surface area contributed by atoms with Gasteiger partial charge in [0.05, 0.1) is 6.42 Å². The zero-order valence-electron chi connectivity index (χ0n) is 14.5. The van der Waals surface area contributed by atoms with Crippen molar-refractivity contribution in [3.63, 3.8) is 0 Å². The quantitative estimate of drug-likeness (QED) is 0.822. The Morgan fingerprint density at radius 3 is 2.16 bits per heavy atom. The first kappa shape index (κ1) is 19.0. The Labute approximate surface area is 153 Å². The zero-order valence-corrected chi connectivity index (χ0v) is 15.3. The van der Waals surface area contributed by atoms with Gasteiger partial charge in [-0.2, -0.15) is 0 Å². The van der Waals surface area contributed by atoms with Gasteiger partial charge in [0.25, 0.3) is 0 Å². The Morgan fingerprint density at radius 1 is 1.00 bits per heavy atom. The Bertz CT molecular complexity index is 697. The van der Waals surface area contributed by atoms with E-state index in [1.165, 1.54) is 0 Å². The van der Waals surface area contributed by atoms with E-state index < -0.39 is 6.04 Å². The number of benzene rings is 2. The molecule has 1 atom stereocenters. The molecule has 0 fully saturated rings. The van der Waals surface area contributed by atoms with Gasteiger partial charge in [-0.05, 0) is 37.1 Å². The molecule has 2 amide bonds. The fourth-order valence-corrected chi connectivity index (χ4v) is 2.78. The molecule has 1 N–H and O–H groups in total. The van der Waals surface area contributed by atoms with Crippen molar-refractivity contribution in [2.45, 2.75) is 26.3 Å². The molecule has 0 aliphatic rings. The summed E-state index contributed by atoms with van der Waals surface area (Å²) in [4.78, 5) is 27.0. The second-order valence-electron chi connectivity index (χ2n) is 5.72. The van der Waals surface area contributed by atoms with Gasteiger partial charge in [-0.25, -0.2) is 0 Å². The van der Waals surface area contributed by atoms with Crippen LogP contribution in [-0.2, 0) is 16.0 Å². The van der Waals surface area contributed by atoms with Gasteiger partial charge in [-0.1, -0.05) is 54.1 Å². The number of nitrogens with zero attached hydrogens (tertiary/aromatic N) is 1. The SMILES string of the molecule is CCN(CC)C(=O)[C@@H](NC(=O)Cc1ccc(Cl)cc1)c1ccccc1. The third-order valence-corrected chi connectivity index (χ3v) is 4.29. The minimum Gasteiger partial charge on any atom is -0.341 e. The summed E-state index contributed by atoms with van der Waals surface area (Å²) in [5, 5.41) is 3.51. The second kappa shape index (κ2) is 9.23. The molecule has 2 aromatic rings. The number of carbonyl (C=O) groups is 2. The first-order valence-corrected chi connectivity index (χ1v) is 8.80. The molecule has 2 rings (SSSR count). The molecule has 0 saturated carbocycles. The van der Waals surface area contributed by atoms with Crippen LogP contribution < -0.4 is 5.32 Å². The van der Waals surface area contributed by atoms with Gasteiger partial charge < -0.3 is 10.2 Å². The summed E-state index contributed by atoms with van der Waals surface area (Å²) in [6.07, 6.45) is 0.200. The van der Waals surface area contributed by atoms with Crippen LogP contribution in [0.3, 0.4) is 0 Å². The van der Waals surface area contributed by atoms with Crippen molar-refractivity contribution in [2.75, 3.05) is 13.1 Å². The first-order chi connectivity index (χ1) is 12.0. The van der Waals surface area contributed by atoms with Crippen molar-refractivity contribution >= 4 is 23.4 Å². The highest BCUT2D eigenvalue weighted by Crippen LogP contribution is 2.17. The highest BCUT2D eigenvalue weighted by atomic mass is 35.5. The predicted molar refractivity (Wildman–Crippen MR) is 100 cm³/mol. The maximum atomic E-state index is 12.8. The van der Waals surface area contributed by atoms with Crippen molar-refractivity contribution in [3.05, 3.63) is 70.7 Å². The van der Waals surface area contributed by atoms with Crippen LogP contribution in [0.15, 0.2) is 54.6 Å². The molecule has 0 aromatic heterocycles. The number of halogens is 1. The Hall–Kier alpha value is -2.33. The maximum Gasteiger partial charge on any atom is 0.249 e. The van der Waals surface area contributed by atoms with E-state index in [-0.39, 0.29) is 18.2 Å². The molecule has 0 aliphatic carbocycles. The third-order valence-electron chi connectivity index (χ3n) is 4.04. The summed E-state index contributed by atoms with van der Waals surface area (Å²) in [5.74, 6) is -0.294. The largest absolute Gasteiger partial charge is 0.341 e. The maximum absolute atomic E-state index is 12.8. The third kappa shape index (κ3) is 5.33. The number of nitrogens with one attached hydrogen (secondary N) is 1. The van der Waals surface area contributed by atoms with Crippen LogP contribution in [0.2, 0.25) is 5.02 Å². The molecule has 2 aromatic carbocycles. The summed E-state index contributed by atoms with van der Waals surface area (Å²) in [6, 6.07) is 15.8. The van der Waals surface area contributed by atoms with Crippen molar-refractivity contribution in [2.24, 2.45) is 0 Å². The molecule has 25 heavy (non-hydrogen) atoms. The van der Waals surface area contributed by atoms with Crippen LogP contribution in [0.1, 0.15) is 31.0 Å². The van der Waals surface area contributed by atoms with E-state index >= 15 is 0 Å². The van der Waals surface area contributed by atoms with Crippen LogP contribution in [0.4, 0.5) is 0 Å². The second-order valence-corrected chi connectivity index (χ2v) is 6.16. The number of rotatable bonds is 7. The molecule has 0 unspecified atom stereocenters. The molecular formula is C20H23ClN2O2. The number of hydrogen-bond acceptors (Lipinski definition) is 2. The van der Waals surface area contributed by atoms with Crippen LogP contribution in [0, 0.1) is 0 Å². The number of carbonyl (C=O) groups excluding carboxylic acids is 2. The average molecular weight is 359 g/mol. The van der Waals surface area contributed by atoms with Crippen LogP contribution >= 0.6 is 11.6 Å². The molecular weight excluding hydrogens is 336 g/mol. The van der Waals surface area contributed by atoms with Crippen molar-refractivity contribution < 1.29 is 9.59 Å². The van der Waals surface area contributed by atoms with E-state index in [1.54, 1.807) is 17.0 Å². The topological polar surface area (TPSA) is 49.4 Å². The zero-order chi connectivity index (χ0) is 18.2. The van der Waals surface area contributed by atoms with Crippen LogP contribution in [0.25, 0.3) is 0 Å². The molecule has 5 heteroatoms. The van der Waals surface area contributed by atoms with Gasteiger partial charge in [-0.15, -0.1) is 0 Å². The summed E-state index contributed by atoms with van der Waals surface area (Å²) in [7, 11) is 0. The van der Waals surface area contributed by atoms with Gasteiger partial charge in [-0.3, -0.25) is 9.59 Å². The molecule has 4 nitrogen and oxygen atoms in total. The van der Waals surface area contributed by atoms with Crippen LogP contribution in [0.5, 0.6) is 0 Å². The van der Waals surface area contributed by atoms with Crippen LogP contribution in [-0.4, -0.2) is 29.8 Å². The molecule has 0 bridgehead atoms. The predicted octanol–water partition coefficient (Wildman–Crippen LogP) is 3.61. The Morgan fingerprint density at radius 2 is 1.60 bits per heavy atom. The van der Waals surface area contributed by atoms with Crippen molar-refractivity contribution in [1.82, 2.24) is 10.2 Å². The Balaban J connectivity index is 2.16. The highest BCUT2D eigenvalue weighted by Gasteiger charge is 2.26. The van der Waals surface area contributed by atoms with Crippen molar-refractivity contribution in [3.8, 4) is 0 Å². The molecule has 0 aliphatic heterocycles. The molecule has 0 spiro atoms. The fourth-order valence-electron chi connectivity index (χ4n) is 2.65. The van der Waals surface area contributed by atoms with E-state index in [9.17, 15) is 9.59 Å². The van der Waals surface area contributed by atoms with E-state index in [0.29, 0.717) is 18.1 Å². The van der Waals surface area contributed by atoms with E-state index in [1.807, 2.05) is 56.3 Å². The van der Waals surface area contributed by atoms with E-state index in [0.717, 1.165) is 11.1 Å². The standard InChI is InChI=1S/C20H23ClN2O2/c1-3-23(4-2)20(25)19(16-8-6-5-7-9-16)22-18(24)14-15-10-12-17(21)13-11-15/h5-13,19H,3-4,14H2,1-2H3,(H,22,24)/t19-/m0/s1. The van der Waals surface area contributed by atoms with E-state index in [4.69, 9.17) is 11.6 Å². The normalized spacial score (nSPS) is 11.6. The summed E-state index contributed by atoms with van der Waals surface area (Å²) in [6.45, 7) is 5.06. The molecule has 0 heterocycles.